The van der Waals surface area contributed by atoms with Gasteiger partial charge in [-0.2, -0.15) is 35.4 Å². The summed E-state index contributed by atoms with van der Waals surface area (Å²) in [6.45, 7) is 22.5. The van der Waals surface area contributed by atoms with Crippen LogP contribution in [0.25, 0.3) is 22.3 Å². The summed E-state index contributed by atoms with van der Waals surface area (Å²) >= 11 is 1.30. The largest absolute Gasteiger partial charge is 0.0622 e. The van der Waals surface area contributed by atoms with Crippen LogP contribution < -0.4 is 0 Å². The molecule has 6 rings (SSSR count). The van der Waals surface area contributed by atoms with Gasteiger partial charge in [0.2, 0.25) is 0 Å². The van der Waals surface area contributed by atoms with E-state index in [1.54, 1.807) is 0 Å². The van der Waals surface area contributed by atoms with Crippen LogP contribution in [-0.4, -0.2) is 4.21 Å². The molecule has 1 atom stereocenters. The number of hydrogen-bond acceptors (Lipinski definition) is 0. The van der Waals surface area contributed by atoms with Gasteiger partial charge in [0.05, 0.1) is 0 Å². The molecule has 0 spiro atoms. The number of hydrogen-bond donors (Lipinski definition) is 0. The summed E-state index contributed by atoms with van der Waals surface area (Å²) in [5.74, 6) is 0.522. The summed E-state index contributed by atoms with van der Waals surface area (Å²) in [4.78, 5) is 0. The number of benzene rings is 4. The van der Waals surface area contributed by atoms with Crippen molar-refractivity contribution in [3.8, 4) is 22.3 Å². The first kappa shape index (κ1) is 42.7. The third kappa shape index (κ3) is 12.3. The monoisotopic (exact) mass is 742 g/mol. The molecule has 0 fully saturated rings. The van der Waals surface area contributed by atoms with Crippen molar-refractivity contribution in [1.82, 2.24) is 0 Å². The van der Waals surface area contributed by atoms with Crippen molar-refractivity contribution < 1.29 is 24.2 Å². The average molecular weight is 745 g/mol. The normalized spacial score (nSPS) is 14.2. The van der Waals surface area contributed by atoms with Crippen LogP contribution in [0.4, 0.5) is 0 Å². The molecule has 0 N–H and O–H groups in total. The van der Waals surface area contributed by atoms with Gasteiger partial charge < -0.3 is 0 Å². The predicted molar refractivity (Wildman–Crippen MR) is 209 cm³/mol. The summed E-state index contributed by atoms with van der Waals surface area (Å²) in [7, 11) is 0. The minimum Gasteiger partial charge on any atom is -0.0622 e. The second-order valence-corrected chi connectivity index (χ2v) is 15.0. The van der Waals surface area contributed by atoms with Crippen LogP contribution in [0.3, 0.4) is 0 Å². The van der Waals surface area contributed by atoms with E-state index in [4.69, 9.17) is 0 Å². The van der Waals surface area contributed by atoms with Crippen LogP contribution in [0.5, 0.6) is 0 Å². The Bertz CT molecular complexity index is 1500. The van der Waals surface area contributed by atoms with Crippen LogP contribution in [0.15, 0.2) is 109 Å². The minimum atomic E-state index is 0. The number of halogens is 2. The molecule has 0 radical (unpaired) electrons. The van der Waals surface area contributed by atoms with Gasteiger partial charge in [-0.3, -0.25) is 6.08 Å². The number of rotatable bonds is 1. The second kappa shape index (κ2) is 18.5. The molecule has 4 aromatic rings. The fraction of sp³-hybridized carbons (Fsp3) is 0.341. The van der Waals surface area contributed by atoms with Crippen molar-refractivity contribution in [2.75, 3.05) is 0 Å². The Hall–Kier alpha value is -2.31. The zero-order valence-electron chi connectivity index (χ0n) is 30.1. The van der Waals surface area contributed by atoms with Crippen LogP contribution in [0.2, 0.25) is 0 Å². The van der Waals surface area contributed by atoms with Crippen molar-refractivity contribution in [3.05, 3.63) is 143 Å². The quantitative estimate of drug-likeness (QED) is 0.150. The molecule has 1 unspecified atom stereocenters. The predicted octanol–water partition coefficient (Wildman–Crippen LogP) is 12.8. The van der Waals surface area contributed by atoms with Gasteiger partial charge in [-0.05, 0) is 39.5 Å². The summed E-state index contributed by atoms with van der Waals surface area (Å²) in [6.07, 6.45) is 8.68. The molecule has 0 aromatic heterocycles. The molecule has 0 heterocycles. The molecule has 3 heteroatoms. The van der Waals surface area contributed by atoms with E-state index in [-0.39, 0.29) is 35.6 Å². The first-order valence-corrected chi connectivity index (χ1v) is 17.8. The molecule has 0 saturated heterocycles. The van der Waals surface area contributed by atoms with Crippen molar-refractivity contribution in [2.45, 2.75) is 86.5 Å². The molecule has 2 aliphatic rings. The Morgan fingerprint density at radius 1 is 0.638 bits per heavy atom. The first-order chi connectivity index (χ1) is 21.1. The summed E-state index contributed by atoms with van der Waals surface area (Å²) in [6, 6.07) is 35.9. The van der Waals surface area contributed by atoms with E-state index in [1.165, 1.54) is 74.3 Å². The number of allylic oxidation sites excluding steroid dienone is 4. The van der Waals surface area contributed by atoms with Crippen molar-refractivity contribution in [3.63, 3.8) is 0 Å². The van der Waals surface area contributed by atoms with Gasteiger partial charge in [-0.25, -0.2) is 6.08 Å². The summed E-state index contributed by atoms with van der Waals surface area (Å²) in [5.41, 5.74) is 13.0. The Morgan fingerprint density at radius 2 is 1.15 bits per heavy atom. The fourth-order valence-electron chi connectivity index (χ4n) is 5.34. The molecule has 2 aliphatic carbocycles. The van der Waals surface area contributed by atoms with Gasteiger partial charge in [0.25, 0.3) is 0 Å². The first-order valence-electron chi connectivity index (χ1n) is 16.1. The van der Waals surface area contributed by atoms with Crippen molar-refractivity contribution in [2.24, 2.45) is 11.3 Å². The molecule has 4 aromatic carbocycles. The topological polar surface area (TPSA) is 0 Å². The summed E-state index contributed by atoms with van der Waals surface area (Å²) in [5, 5.41) is 0. The van der Waals surface area contributed by atoms with E-state index >= 15 is 0 Å². The second-order valence-electron chi connectivity index (χ2n) is 15.0. The molecule has 47 heavy (non-hydrogen) atoms. The maximum Gasteiger partial charge on any atom is -0.0184 e. The molecule has 0 saturated carbocycles. The average Bonchev–Trinajstić information content (AvgIpc) is 3.62. The maximum absolute atomic E-state index is 3.67. The molecule has 0 aliphatic heterocycles. The zero-order chi connectivity index (χ0) is 33.4. The third-order valence-electron chi connectivity index (χ3n) is 8.14. The van der Waals surface area contributed by atoms with Gasteiger partial charge in [0.15, 0.2) is 0 Å². The van der Waals surface area contributed by atoms with E-state index in [1.807, 2.05) is 12.1 Å². The van der Waals surface area contributed by atoms with E-state index in [0.29, 0.717) is 11.3 Å². The standard InChI is InChI=1S/C21H25.C12H10.C10H15.CH2.2ClH.Zr/c1-20(2,3)16-7-9-18-14(12-16)11-15-13-17(21(4,5)6)8-10-19(15)18;1-3-7-11(8-4-1)12-9-5-2-6-10-12;1-8-5-6-9(7-8)10(2,3)4;;;;/h7-10,12H,11H2,1-6H3;1-10H;6-8H,1-4H3;1H2;2*1H;/q-1;;-1;;;;+2. The maximum atomic E-state index is 3.67. The SMILES string of the molecule is CC(C)(C)c1[c-]c2c(cc1)-c1ccc(C(C)(C)C)cc1C2.CC1[C-]=CC(C(C)(C)C)=C1.Cl.Cl.[CH2]=[Zr+2].c1ccc(-c2ccccc2)cc1. The Balaban J connectivity index is 0.000000364. The Kier molecular flexibility index (Phi) is 16.8. The Morgan fingerprint density at radius 3 is 1.55 bits per heavy atom. The van der Waals surface area contributed by atoms with Gasteiger partial charge in [-0.15, -0.1) is 35.9 Å². The van der Waals surface area contributed by atoms with E-state index in [9.17, 15) is 0 Å². The molecular weight excluding hydrogens is 691 g/mol. The summed E-state index contributed by atoms with van der Waals surface area (Å²) < 4.78 is 3.34. The van der Waals surface area contributed by atoms with Crippen molar-refractivity contribution in [1.29, 1.82) is 0 Å². The Labute approximate surface area is 314 Å². The van der Waals surface area contributed by atoms with E-state index in [0.717, 1.165) is 6.42 Å². The molecule has 0 amide bonds. The molecule has 0 bridgehead atoms. The van der Waals surface area contributed by atoms with Crippen molar-refractivity contribution >= 4 is 29.0 Å². The number of fused-ring (bicyclic) bond motifs is 3. The van der Waals surface area contributed by atoms with Crippen LogP contribution in [-0.2, 0) is 41.5 Å². The van der Waals surface area contributed by atoms with Crippen LogP contribution in [0, 0.1) is 23.5 Å². The van der Waals surface area contributed by atoms with Gasteiger partial charge >= 0.3 is 28.4 Å². The van der Waals surface area contributed by atoms with E-state index in [2.05, 4.69) is 177 Å². The van der Waals surface area contributed by atoms with Crippen LogP contribution >= 0.6 is 24.8 Å². The van der Waals surface area contributed by atoms with Gasteiger partial charge in [0, 0.05) is 0 Å². The van der Waals surface area contributed by atoms with Crippen LogP contribution in [0.1, 0.15) is 91.5 Å². The third-order valence-corrected chi connectivity index (χ3v) is 8.14. The van der Waals surface area contributed by atoms with E-state index < -0.39 is 0 Å². The molecule has 248 valence electrons. The minimum absolute atomic E-state index is 0. The van der Waals surface area contributed by atoms with Gasteiger partial charge in [-0.1, -0.05) is 165 Å². The fourth-order valence-corrected chi connectivity index (χ4v) is 5.34. The zero-order valence-corrected chi connectivity index (χ0v) is 34.2. The molecule has 0 nitrogen and oxygen atoms in total. The smallest absolute Gasteiger partial charge is 0.0184 e. The van der Waals surface area contributed by atoms with Gasteiger partial charge in [0.1, 0.15) is 0 Å². The molecular formula is C44H54Cl2Zr.